The molecule has 1 nitrogen and oxygen atoms in total. The first-order valence-electron chi connectivity index (χ1n) is 10.8. The molecule has 0 atom stereocenters. The number of benzene rings is 4. The van der Waals surface area contributed by atoms with Crippen molar-refractivity contribution in [3.05, 3.63) is 119 Å². The van der Waals surface area contributed by atoms with Gasteiger partial charge >= 0.3 is 0 Å². The molecule has 1 heterocycles. The van der Waals surface area contributed by atoms with E-state index in [-0.39, 0.29) is 0 Å². The van der Waals surface area contributed by atoms with E-state index in [1.807, 2.05) is 0 Å². The minimum absolute atomic E-state index is 1.01. The van der Waals surface area contributed by atoms with E-state index >= 15 is 0 Å². The Morgan fingerprint density at radius 3 is 2.32 bits per heavy atom. The van der Waals surface area contributed by atoms with Gasteiger partial charge in [0.2, 0.25) is 0 Å². The van der Waals surface area contributed by atoms with Crippen molar-refractivity contribution >= 4 is 23.1 Å². The molecule has 0 bridgehead atoms. The Morgan fingerprint density at radius 1 is 0.677 bits per heavy atom. The van der Waals surface area contributed by atoms with Crippen molar-refractivity contribution in [2.45, 2.75) is 6.42 Å². The maximum absolute atomic E-state index is 2.39. The number of aromatic nitrogens is 1. The predicted molar refractivity (Wildman–Crippen MR) is 132 cm³/mol. The van der Waals surface area contributed by atoms with Crippen LogP contribution in [0.1, 0.15) is 22.3 Å². The molecule has 5 aromatic rings. The lowest BCUT2D eigenvalue weighted by molar-refractivity contribution is 0.977. The van der Waals surface area contributed by atoms with Crippen LogP contribution in [0.3, 0.4) is 0 Å². The van der Waals surface area contributed by atoms with Crippen molar-refractivity contribution < 1.29 is 0 Å². The van der Waals surface area contributed by atoms with Crippen LogP contribution in [0.15, 0.2) is 97.1 Å². The lowest BCUT2D eigenvalue weighted by Crippen LogP contribution is -1.93. The van der Waals surface area contributed by atoms with E-state index in [1.54, 1.807) is 0 Å². The summed E-state index contributed by atoms with van der Waals surface area (Å²) >= 11 is 0. The van der Waals surface area contributed by atoms with Gasteiger partial charge in [-0.15, -0.1) is 0 Å². The summed E-state index contributed by atoms with van der Waals surface area (Å²) < 4.78 is 2.34. The van der Waals surface area contributed by atoms with Crippen LogP contribution in [0.25, 0.3) is 45.4 Å². The molecule has 0 radical (unpaired) electrons. The third-order valence-corrected chi connectivity index (χ3v) is 6.46. The molecule has 0 N–H and O–H groups in total. The highest BCUT2D eigenvalue weighted by atomic mass is 14.9. The van der Waals surface area contributed by atoms with Gasteiger partial charge in [0.05, 0.1) is 5.69 Å². The van der Waals surface area contributed by atoms with Crippen LogP contribution in [0.4, 0.5) is 0 Å². The van der Waals surface area contributed by atoms with Gasteiger partial charge in [0.1, 0.15) is 0 Å². The Hall–Kier alpha value is -3.84. The van der Waals surface area contributed by atoms with Gasteiger partial charge in [-0.2, -0.15) is 0 Å². The molecule has 4 aromatic carbocycles. The zero-order valence-corrected chi connectivity index (χ0v) is 17.5. The minimum atomic E-state index is 1.01. The van der Waals surface area contributed by atoms with Crippen molar-refractivity contribution in [1.29, 1.82) is 0 Å². The van der Waals surface area contributed by atoms with Crippen molar-refractivity contribution in [1.82, 2.24) is 4.57 Å². The third-order valence-electron chi connectivity index (χ3n) is 6.46. The van der Waals surface area contributed by atoms with E-state index < -0.39 is 0 Å². The van der Waals surface area contributed by atoms with Gasteiger partial charge in [0.15, 0.2) is 0 Å². The topological polar surface area (TPSA) is 4.93 Å². The second-order valence-corrected chi connectivity index (χ2v) is 8.29. The molecule has 1 heteroatoms. The van der Waals surface area contributed by atoms with E-state index in [1.165, 1.54) is 55.5 Å². The molecule has 0 unspecified atom stereocenters. The molecule has 0 fully saturated rings. The summed E-state index contributed by atoms with van der Waals surface area (Å²) in [6.45, 7) is 0. The monoisotopic (exact) mass is 397 g/mol. The van der Waals surface area contributed by atoms with Gasteiger partial charge in [-0.25, -0.2) is 0 Å². The summed E-state index contributed by atoms with van der Waals surface area (Å²) in [5.41, 5.74) is 11.9. The zero-order valence-electron chi connectivity index (χ0n) is 17.5. The van der Waals surface area contributed by atoms with Gasteiger partial charge in [-0.3, -0.25) is 0 Å². The van der Waals surface area contributed by atoms with Crippen LogP contribution in [0, 0.1) is 0 Å². The Labute approximate surface area is 182 Å². The number of rotatable bonds is 3. The molecule has 0 saturated heterocycles. The van der Waals surface area contributed by atoms with E-state index in [9.17, 15) is 0 Å². The summed E-state index contributed by atoms with van der Waals surface area (Å²) in [5.74, 6) is 0. The maximum Gasteiger partial charge on any atom is 0.0562 e. The van der Waals surface area contributed by atoms with E-state index in [4.69, 9.17) is 0 Å². The largest absolute Gasteiger partial charge is 0.343 e. The molecule has 1 aliphatic carbocycles. The highest BCUT2D eigenvalue weighted by Gasteiger charge is 2.20. The quantitative estimate of drug-likeness (QED) is 0.290. The molecule has 0 amide bonds. The smallest absolute Gasteiger partial charge is 0.0562 e. The number of fused-ring (bicyclic) bond motifs is 4. The average molecular weight is 398 g/mol. The second-order valence-electron chi connectivity index (χ2n) is 8.29. The van der Waals surface area contributed by atoms with Crippen LogP contribution >= 0.6 is 0 Å². The average Bonchev–Trinajstić information content (AvgIpc) is 3.33. The van der Waals surface area contributed by atoms with E-state index in [2.05, 4.69) is 121 Å². The number of hydrogen-bond acceptors (Lipinski definition) is 0. The van der Waals surface area contributed by atoms with Crippen LogP contribution in [0.2, 0.25) is 0 Å². The second kappa shape index (κ2) is 7.14. The summed E-state index contributed by atoms with van der Waals surface area (Å²) in [6, 6.07) is 35.0. The number of para-hydroxylation sites is 1. The third kappa shape index (κ3) is 2.93. The molecule has 0 aliphatic heterocycles. The Morgan fingerprint density at radius 2 is 1.42 bits per heavy atom. The van der Waals surface area contributed by atoms with Gasteiger partial charge in [-0.1, -0.05) is 97.1 Å². The summed E-state index contributed by atoms with van der Waals surface area (Å²) in [7, 11) is 2.18. The van der Waals surface area contributed by atoms with Gasteiger partial charge < -0.3 is 4.57 Å². The summed E-state index contributed by atoms with van der Waals surface area (Å²) in [5, 5.41) is 1.29. The zero-order chi connectivity index (χ0) is 20.8. The molecule has 1 aromatic heterocycles. The molecular weight excluding hydrogens is 374 g/mol. The van der Waals surface area contributed by atoms with Crippen LogP contribution in [-0.4, -0.2) is 4.57 Å². The maximum atomic E-state index is 2.39. The number of aryl methyl sites for hydroxylation is 1. The van der Waals surface area contributed by atoms with Crippen LogP contribution in [-0.2, 0) is 13.5 Å². The van der Waals surface area contributed by atoms with Crippen LogP contribution in [0.5, 0.6) is 0 Å². The fourth-order valence-electron chi connectivity index (χ4n) is 4.98. The standard InChI is InChI=1S/C30H23N/c1-31-29-14-8-7-13-27(29)28(17-15-21-9-3-2-4-10-21)30(31)23-16-18-26-24(20-23)19-22-11-5-6-12-25(22)26/h2-18,20H,19H2,1H3. The fraction of sp³-hybridized carbons (Fsp3) is 0.0667. The SMILES string of the molecule is Cn1c(-c2ccc3c(c2)Cc2ccccc2-3)c(C=Cc2ccccc2)c2ccccc21. The molecule has 148 valence electrons. The highest BCUT2D eigenvalue weighted by Crippen LogP contribution is 2.41. The molecule has 0 saturated carbocycles. The lowest BCUT2D eigenvalue weighted by atomic mass is 9.99. The normalized spacial score (nSPS) is 12.4. The van der Waals surface area contributed by atoms with Crippen LogP contribution < -0.4 is 0 Å². The molecular formula is C30H23N. The fourth-order valence-corrected chi connectivity index (χ4v) is 4.98. The summed E-state index contributed by atoms with van der Waals surface area (Å²) in [6.07, 6.45) is 5.50. The minimum Gasteiger partial charge on any atom is -0.343 e. The first-order chi connectivity index (χ1) is 15.3. The van der Waals surface area contributed by atoms with Crippen molar-refractivity contribution in [2.75, 3.05) is 0 Å². The lowest BCUT2D eigenvalue weighted by Gasteiger charge is -2.09. The van der Waals surface area contributed by atoms with Gasteiger partial charge in [0, 0.05) is 23.5 Å². The molecule has 1 aliphatic rings. The van der Waals surface area contributed by atoms with Crippen molar-refractivity contribution in [2.24, 2.45) is 7.05 Å². The number of hydrogen-bond donors (Lipinski definition) is 0. The highest BCUT2D eigenvalue weighted by molar-refractivity contribution is 6.00. The Bertz CT molecular complexity index is 1450. The van der Waals surface area contributed by atoms with Crippen molar-refractivity contribution in [3.8, 4) is 22.4 Å². The predicted octanol–water partition coefficient (Wildman–Crippen LogP) is 7.59. The Kier molecular flexibility index (Phi) is 4.14. The Balaban J connectivity index is 1.53. The molecule has 0 spiro atoms. The van der Waals surface area contributed by atoms with Gasteiger partial charge in [-0.05, 0) is 51.9 Å². The molecule has 6 rings (SSSR count). The first kappa shape index (κ1) is 18.0. The van der Waals surface area contributed by atoms with E-state index in [0.29, 0.717) is 0 Å². The van der Waals surface area contributed by atoms with E-state index in [0.717, 1.165) is 6.42 Å². The molecule has 31 heavy (non-hydrogen) atoms. The van der Waals surface area contributed by atoms with Crippen molar-refractivity contribution in [3.63, 3.8) is 0 Å². The van der Waals surface area contributed by atoms with Gasteiger partial charge in [0.25, 0.3) is 0 Å². The number of nitrogens with zero attached hydrogens (tertiary/aromatic N) is 1. The summed E-state index contributed by atoms with van der Waals surface area (Å²) in [4.78, 5) is 0. The first-order valence-corrected chi connectivity index (χ1v) is 10.8.